The molecule has 0 aliphatic rings. The van der Waals surface area contributed by atoms with Crippen LogP contribution in [0.2, 0.25) is 5.02 Å². The average molecular weight is 304 g/mol. The fourth-order valence-electron chi connectivity index (χ4n) is 1.93. The SMILES string of the molecule is CCNc1ccc(Cl)c(C(=O)NCCc2ccccc2)n1. The summed E-state index contributed by atoms with van der Waals surface area (Å²) >= 11 is 6.04. The fraction of sp³-hybridized carbons (Fsp3) is 0.250. The van der Waals surface area contributed by atoms with Gasteiger partial charge in [-0.15, -0.1) is 0 Å². The van der Waals surface area contributed by atoms with Crippen LogP contribution in [0.5, 0.6) is 0 Å². The minimum Gasteiger partial charge on any atom is -0.370 e. The lowest BCUT2D eigenvalue weighted by Crippen LogP contribution is -2.27. The number of nitrogens with zero attached hydrogens (tertiary/aromatic N) is 1. The molecule has 2 N–H and O–H groups in total. The number of carbonyl (C=O) groups excluding carboxylic acids is 1. The molecule has 0 unspecified atom stereocenters. The molecule has 2 rings (SSSR count). The number of halogens is 1. The average Bonchev–Trinajstić information content (AvgIpc) is 2.50. The lowest BCUT2D eigenvalue weighted by atomic mass is 10.1. The highest BCUT2D eigenvalue weighted by atomic mass is 35.5. The van der Waals surface area contributed by atoms with E-state index >= 15 is 0 Å². The number of anilines is 1. The van der Waals surface area contributed by atoms with Crippen molar-refractivity contribution in [3.63, 3.8) is 0 Å². The second-order valence-corrected chi connectivity index (χ2v) is 4.96. The van der Waals surface area contributed by atoms with Crippen LogP contribution in [0.15, 0.2) is 42.5 Å². The Labute approximate surface area is 129 Å². The van der Waals surface area contributed by atoms with Crippen molar-refractivity contribution in [3.05, 3.63) is 58.7 Å². The van der Waals surface area contributed by atoms with Gasteiger partial charge in [0, 0.05) is 13.1 Å². The van der Waals surface area contributed by atoms with Crippen molar-refractivity contribution < 1.29 is 4.79 Å². The van der Waals surface area contributed by atoms with E-state index in [0.717, 1.165) is 13.0 Å². The molecule has 2 aromatic rings. The Morgan fingerprint density at radius 1 is 1.19 bits per heavy atom. The predicted octanol–water partition coefficient (Wildman–Crippen LogP) is 3.14. The van der Waals surface area contributed by atoms with Crippen LogP contribution in [-0.2, 0) is 6.42 Å². The van der Waals surface area contributed by atoms with Gasteiger partial charge in [0.05, 0.1) is 5.02 Å². The third-order valence-corrected chi connectivity index (χ3v) is 3.27. The number of rotatable bonds is 6. The van der Waals surface area contributed by atoms with Crippen LogP contribution in [0.3, 0.4) is 0 Å². The minimum atomic E-state index is -0.254. The molecule has 0 fully saturated rings. The zero-order valence-corrected chi connectivity index (χ0v) is 12.7. The lowest BCUT2D eigenvalue weighted by molar-refractivity contribution is 0.0949. The summed E-state index contributed by atoms with van der Waals surface area (Å²) in [4.78, 5) is 16.4. The van der Waals surface area contributed by atoms with Crippen LogP contribution in [0.1, 0.15) is 23.0 Å². The smallest absolute Gasteiger partial charge is 0.271 e. The van der Waals surface area contributed by atoms with E-state index < -0.39 is 0 Å². The monoisotopic (exact) mass is 303 g/mol. The van der Waals surface area contributed by atoms with Gasteiger partial charge in [-0.1, -0.05) is 41.9 Å². The number of benzene rings is 1. The van der Waals surface area contributed by atoms with Gasteiger partial charge in [0.25, 0.3) is 5.91 Å². The molecule has 0 saturated heterocycles. The summed E-state index contributed by atoms with van der Waals surface area (Å²) in [6.45, 7) is 3.26. The number of hydrogen-bond acceptors (Lipinski definition) is 3. The standard InChI is InChI=1S/C16H18ClN3O/c1-2-18-14-9-8-13(17)15(20-14)16(21)19-11-10-12-6-4-3-5-7-12/h3-9H,2,10-11H2,1H3,(H,18,20)(H,19,21). The van der Waals surface area contributed by atoms with Crippen molar-refractivity contribution in [2.75, 3.05) is 18.4 Å². The second-order valence-electron chi connectivity index (χ2n) is 4.55. The molecule has 5 heteroatoms. The molecule has 1 heterocycles. The van der Waals surface area contributed by atoms with E-state index in [0.29, 0.717) is 17.4 Å². The molecule has 0 atom stereocenters. The van der Waals surface area contributed by atoms with Crippen LogP contribution in [0.25, 0.3) is 0 Å². The third kappa shape index (κ3) is 4.46. The molecule has 0 spiro atoms. The van der Waals surface area contributed by atoms with Gasteiger partial charge in [0.15, 0.2) is 0 Å². The molecule has 0 aliphatic heterocycles. The van der Waals surface area contributed by atoms with Crippen molar-refractivity contribution in [2.45, 2.75) is 13.3 Å². The van der Waals surface area contributed by atoms with Crippen LogP contribution >= 0.6 is 11.6 Å². The number of carbonyl (C=O) groups is 1. The molecule has 1 aromatic carbocycles. The number of aromatic nitrogens is 1. The van der Waals surface area contributed by atoms with Crippen molar-refractivity contribution in [2.24, 2.45) is 0 Å². The Morgan fingerprint density at radius 2 is 1.95 bits per heavy atom. The van der Waals surface area contributed by atoms with E-state index in [4.69, 9.17) is 11.6 Å². The van der Waals surface area contributed by atoms with E-state index in [2.05, 4.69) is 15.6 Å². The highest BCUT2D eigenvalue weighted by molar-refractivity contribution is 6.33. The van der Waals surface area contributed by atoms with Gasteiger partial charge in [0.2, 0.25) is 0 Å². The summed E-state index contributed by atoms with van der Waals surface area (Å²) in [5, 5.41) is 6.26. The summed E-state index contributed by atoms with van der Waals surface area (Å²) in [6, 6.07) is 13.4. The molecule has 1 amide bonds. The first kappa shape index (κ1) is 15.3. The Morgan fingerprint density at radius 3 is 2.67 bits per heavy atom. The van der Waals surface area contributed by atoms with Gasteiger partial charge < -0.3 is 10.6 Å². The van der Waals surface area contributed by atoms with Gasteiger partial charge in [-0.25, -0.2) is 4.98 Å². The minimum absolute atomic E-state index is 0.253. The van der Waals surface area contributed by atoms with E-state index in [-0.39, 0.29) is 11.6 Å². The van der Waals surface area contributed by atoms with E-state index in [1.165, 1.54) is 5.56 Å². The van der Waals surface area contributed by atoms with Gasteiger partial charge >= 0.3 is 0 Å². The summed E-state index contributed by atoms with van der Waals surface area (Å²) < 4.78 is 0. The first-order valence-electron chi connectivity index (χ1n) is 6.93. The van der Waals surface area contributed by atoms with Gasteiger partial charge in [0.1, 0.15) is 11.5 Å². The van der Waals surface area contributed by atoms with E-state index in [1.807, 2.05) is 37.3 Å². The summed E-state index contributed by atoms with van der Waals surface area (Å²) in [6.07, 6.45) is 0.775. The molecule has 0 aliphatic carbocycles. The van der Waals surface area contributed by atoms with Crippen LogP contribution < -0.4 is 10.6 Å². The maximum Gasteiger partial charge on any atom is 0.271 e. The zero-order chi connectivity index (χ0) is 15.1. The summed E-state index contributed by atoms with van der Waals surface area (Å²) in [7, 11) is 0. The van der Waals surface area contributed by atoms with Crippen molar-refractivity contribution >= 4 is 23.3 Å². The number of amides is 1. The van der Waals surface area contributed by atoms with E-state index in [9.17, 15) is 4.79 Å². The number of hydrogen-bond donors (Lipinski definition) is 2. The Hall–Kier alpha value is -2.07. The lowest BCUT2D eigenvalue weighted by Gasteiger charge is -2.08. The molecule has 1 aromatic heterocycles. The van der Waals surface area contributed by atoms with Crippen molar-refractivity contribution in [1.82, 2.24) is 10.3 Å². The molecule has 0 radical (unpaired) electrons. The molecular weight excluding hydrogens is 286 g/mol. The number of pyridine rings is 1. The zero-order valence-electron chi connectivity index (χ0n) is 11.9. The maximum absolute atomic E-state index is 12.1. The molecular formula is C16H18ClN3O. The highest BCUT2D eigenvalue weighted by Crippen LogP contribution is 2.16. The van der Waals surface area contributed by atoms with Crippen molar-refractivity contribution in [3.8, 4) is 0 Å². The van der Waals surface area contributed by atoms with Crippen molar-refractivity contribution in [1.29, 1.82) is 0 Å². The maximum atomic E-state index is 12.1. The largest absolute Gasteiger partial charge is 0.370 e. The molecule has 4 nitrogen and oxygen atoms in total. The summed E-state index contributed by atoms with van der Waals surface area (Å²) in [5.74, 6) is 0.394. The van der Waals surface area contributed by atoms with Gasteiger partial charge in [-0.2, -0.15) is 0 Å². The number of nitrogens with one attached hydrogen (secondary N) is 2. The van der Waals surface area contributed by atoms with Crippen LogP contribution in [0.4, 0.5) is 5.82 Å². The van der Waals surface area contributed by atoms with Crippen LogP contribution in [0, 0.1) is 0 Å². The highest BCUT2D eigenvalue weighted by Gasteiger charge is 2.12. The van der Waals surface area contributed by atoms with Gasteiger partial charge in [-0.05, 0) is 31.0 Å². The summed E-state index contributed by atoms with van der Waals surface area (Å²) in [5.41, 5.74) is 1.43. The molecule has 0 bridgehead atoms. The van der Waals surface area contributed by atoms with E-state index in [1.54, 1.807) is 12.1 Å². The second kappa shape index (κ2) is 7.64. The first-order chi connectivity index (χ1) is 10.2. The quantitative estimate of drug-likeness (QED) is 0.862. The Bertz CT molecular complexity index is 602. The van der Waals surface area contributed by atoms with Crippen LogP contribution in [-0.4, -0.2) is 24.0 Å². The molecule has 0 saturated carbocycles. The normalized spacial score (nSPS) is 10.2. The molecule has 110 valence electrons. The fourth-order valence-corrected chi connectivity index (χ4v) is 2.12. The first-order valence-corrected chi connectivity index (χ1v) is 7.31. The molecule has 21 heavy (non-hydrogen) atoms. The predicted molar refractivity (Wildman–Crippen MR) is 85.9 cm³/mol. The third-order valence-electron chi connectivity index (χ3n) is 2.96. The van der Waals surface area contributed by atoms with Gasteiger partial charge in [-0.3, -0.25) is 4.79 Å². The Balaban J connectivity index is 1.95. The topological polar surface area (TPSA) is 54.0 Å². The Kier molecular flexibility index (Phi) is 5.58.